The fourth-order valence-corrected chi connectivity index (χ4v) is 10.7. The Morgan fingerprint density at radius 1 is 0.780 bits per heavy atom. The van der Waals surface area contributed by atoms with Crippen LogP contribution in [0.4, 0.5) is 0 Å². The average molecular weight is 749 g/mol. The molecule has 50 heavy (non-hydrogen) atoms. The first-order valence-electron chi connectivity index (χ1n) is 19.2. The van der Waals surface area contributed by atoms with Gasteiger partial charge in [0.1, 0.15) is 12.5 Å². The highest BCUT2D eigenvalue weighted by atomic mass is 35.5. The smallest absolute Gasteiger partial charge is 0.118 e. The number of benzene rings is 1. The van der Waals surface area contributed by atoms with Crippen LogP contribution in [0.2, 0.25) is 10.0 Å². The molecular formula is C41H75Cl2NO6. The van der Waals surface area contributed by atoms with Crippen molar-refractivity contribution in [1.29, 1.82) is 0 Å². The minimum Gasteiger partial charge on any atom is -0.508 e. The standard InChI is InChI=1S/C29H50O2.C6H4Cl2O.C2H6.CH5N.2CH4O.CH2O/c1-18(23-11-8-19(2)24-12-10-22(5)30-16-25(23)24)6-7-20(3)26-13-9-21(4)27-14-15-28-29(26,27)17-31-28;7-4-1-5(8)3-6(9)2-4;5*1-2/h18-28H,6-17H2,1-5H3;1-3,9H;1-2H3;2H2,1H3;2*2H,1H3;1H2/t18?,19-,20?,21-,22?,23+,24?,25?,26+,27?,28+,29?;;;;;;/m1....../s1. The van der Waals surface area contributed by atoms with Gasteiger partial charge in [0.25, 0.3) is 0 Å². The van der Waals surface area contributed by atoms with Gasteiger partial charge in [0.2, 0.25) is 0 Å². The first-order chi connectivity index (χ1) is 24.1. The van der Waals surface area contributed by atoms with Crippen LogP contribution in [0.15, 0.2) is 18.2 Å². The molecule has 1 aromatic rings. The molecule has 6 rings (SSSR count). The lowest BCUT2D eigenvalue weighted by atomic mass is 9.52. The Labute approximate surface area is 316 Å². The molecule has 5 aliphatic rings. The second-order valence-electron chi connectivity index (χ2n) is 14.7. The number of aromatic hydroxyl groups is 1. The molecule has 5 fully saturated rings. The van der Waals surface area contributed by atoms with Crippen molar-refractivity contribution in [2.24, 2.45) is 64.4 Å². The minimum atomic E-state index is 0.0903. The van der Waals surface area contributed by atoms with E-state index in [1.54, 1.807) is 6.07 Å². The maximum atomic E-state index is 8.82. The highest BCUT2D eigenvalue weighted by Crippen LogP contribution is 2.65. The summed E-state index contributed by atoms with van der Waals surface area (Å²) in [6.07, 6.45) is 15.2. The van der Waals surface area contributed by atoms with Crippen molar-refractivity contribution < 1.29 is 29.6 Å². The number of ether oxygens (including phenoxy) is 2. The van der Waals surface area contributed by atoms with Gasteiger partial charge in [-0.25, -0.2) is 0 Å². The lowest BCUT2D eigenvalue weighted by molar-refractivity contribution is -0.241. The van der Waals surface area contributed by atoms with Gasteiger partial charge in [-0.05, 0) is 124 Å². The number of aliphatic hydroxyl groups is 2. The lowest BCUT2D eigenvalue weighted by Crippen LogP contribution is -2.60. The summed E-state index contributed by atoms with van der Waals surface area (Å²) in [5, 5.41) is 23.7. The average Bonchev–Trinajstić information content (AvgIpc) is 3.25. The Kier molecular flexibility index (Phi) is 25.5. The normalized spacial score (nSPS) is 34.3. The van der Waals surface area contributed by atoms with Crippen molar-refractivity contribution in [2.45, 2.75) is 125 Å². The van der Waals surface area contributed by atoms with E-state index in [0.717, 1.165) is 80.7 Å². The fourth-order valence-electron chi connectivity index (χ4n) is 10.2. The van der Waals surface area contributed by atoms with E-state index in [2.05, 4.69) is 40.4 Å². The van der Waals surface area contributed by atoms with Crippen molar-refractivity contribution in [3.8, 4) is 5.75 Å². The molecule has 5 N–H and O–H groups in total. The quantitative estimate of drug-likeness (QED) is 0.237. The van der Waals surface area contributed by atoms with Gasteiger partial charge >= 0.3 is 0 Å². The maximum Gasteiger partial charge on any atom is 0.118 e. The number of hydrogen-bond acceptors (Lipinski definition) is 7. The Balaban J connectivity index is 0.00000106. The Morgan fingerprint density at radius 2 is 1.34 bits per heavy atom. The Hall–Kier alpha value is -0.930. The van der Waals surface area contributed by atoms with Gasteiger partial charge in [0.05, 0.1) is 25.4 Å². The van der Waals surface area contributed by atoms with Gasteiger partial charge in [0, 0.05) is 29.7 Å². The zero-order valence-corrected chi connectivity index (χ0v) is 34.7. The molecule has 7 unspecified atom stereocenters. The molecule has 1 spiro atoms. The van der Waals surface area contributed by atoms with E-state index in [-0.39, 0.29) is 5.75 Å². The van der Waals surface area contributed by atoms with E-state index in [4.69, 9.17) is 52.8 Å². The second kappa shape index (κ2) is 25.9. The number of fused-ring (bicyclic) bond motifs is 1. The number of phenolic OH excluding ortho intramolecular Hbond substituents is 1. The summed E-state index contributed by atoms with van der Waals surface area (Å²) in [5.41, 5.74) is 5.07. The monoisotopic (exact) mass is 747 g/mol. The molecule has 9 heteroatoms. The van der Waals surface area contributed by atoms with Crippen molar-refractivity contribution in [3.63, 3.8) is 0 Å². The van der Waals surface area contributed by atoms with Crippen LogP contribution < -0.4 is 5.73 Å². The van der Waals surface area contributed by atoms with Crippen molar-refractivity contribution in [1.82, 2.24) is 0 Å². The summed E-state index contributed by atoms with van der Waals surface area (Å²) >= 11 is 11.0. The van der Waals surface area contributed by atoms with Gasteiger partial charge in [-0.3, -0.25) is 0 Å². The van der Waals surface area contributed by atoms with Gasteiger partial charge < -0.3 is 35.3 Å². The fraction of sp³-hybridized carbons (Fsp3) is 0.829. The molecule has 0 aromatic heterocycles. The molecule has 12 atom stereocenters. The van der Waals surface area contributed by atoms with Crippen molar-refractivity contribution in [3.05, 3.63) is 28.2 Å². The van der Waals surface area contributed by atoms with Gasteiger partial charge in [-0.1, -0.05) is 90.4 Å². The summed E-state index contributed by atoms with van der Waals surface area (Å²) in [6, 6.07) is 4.41. The lowest BCUT2D eigenvalue weighted by Gasteiger charge is -2.59. The Bertz CT molecular complexity index is 969. The molecule has 1 aromatic carbocycles. The van der Waals surface area contributed by atoms with E-state index in [9.17, 15) is 0 Å². The van der Waals surface area contributed by atoms with Crippen LogP contribution in [0.1, 0.15) is 113 Å². The first-order valence-corrected chi connectivity index (χ1v) is 20.0. The predicted octanol–water partition coefficient (Wildman–Crippen LogP) is 9.69. The Morgan fingerprint density at radius 3 is 1.88 bits per heavy atom. The summed E-state index contributed by atoms with van der Waals surface area (Å²) in [4.78, 5) is 8.00. The number of carbonyl (C=O) groups excluding carboxylic acids is 1. The second-order valence-corrected chi connectivity index (χ2v) is 15.6. The molecule has 294 valence electrons. The third kappa shape index (κ3) is 12.6. The molecule has 0 bridgehead atoms. The molecule has 3 saturated carbocycles. The van der Waals surface area contributed by atoms with Crippen LogP contribution in [0.25, 0.3) is 0 Å². The number of carbonyl (C=O) groups is 1. The molecule has 2 saturated heterocycles. The van der Waals surface area contributed by atoms with Crippen LogP contribution in [0.5, 0.6) is 5.75 Å². The summed E-state index contributed by atoms with van der Waals surface area (Å²) in [5.74, 6) is 8.13. The number of aliphatic hydroxyl groups excluding tert-OH is 2. The minimum absolute atomic E-state index is 0.0903. The predicted molar refractivity (Wildman–Crippen MR) is 211 cm³/mol. The highest BCUT2D eigenvalue weighted by molar-refractivity contribution is 6.34. The van der Waals surface area contributed by atoms with Crippen LogP contribution in [-0.4, -0.2) is 68.8 Å². The molecule has 2 heterocycles. The zero-order chi connectivity index (χ0) is 38.6. The van der Waals surface area contributed by atoms with E-state index in [0.29, 0.717) is 27.7 Å². The van der Waals surface area contributed by atoms with E-state index < -0.39 is 0 Å². The van der Waals surface area contributed by atoms with Gasteiger partial charge in [-0.2, -0.15) is 0 Å². The molecular weight excluding hydrogens is 673 g/mol. The van der Waals surface area contributed by atoms with Crippen LogP contribution in [0, 0.1) is 58.7 Å². The summed E-state index contributed by atoms with van der Waals surface area (Å²) < 4.78 is 12.4. The van der Waals surface area contributed by atoms with E-state index >= 15 is 0 Å². The van der Waals surface area contributed by atoms with E-state index in [1.807, 2.05) is 20.6 Å². The number of nitrogens with two attached hydrogens (primary N) is 1. The van der Waals surface area contributed by atoms with Gasteiger partial charge in [0.15, 0.2) is 0 Å². The number of rotatable bonds is 5. The summed E-state index contributed by atoms with van der Waals surface area (Å²) in [6.45, 7) is 20.7. The third-order valence-corrected chi connectivity index (χ3v) is 12.9. The van der Waals surface area contributed by atoms with Crippen LogP contribution >= 0.6 is 23.2 Å². The molecule has 0 radical (unpaired) electrons. The number of halogens is 2. The van der Waals surface area contributed by atoms with E-state index in [1.165, 1.54) is 83.4 Å². The zero-order valence-electron chi connectivity index (χ0n) is 33.2. The van der Waals surface area contributed by atoms with Crippen molar-refractivity contribution in [2.75, 3.05) is 34.5 Å². The van der Waals surface area contributed by atoms with Crippen LogP contribution in [-0.2, 0) is 14.3 Å². The highest BCUT2D eigenvalue weighted by Gasteiger charge is 2.64. The van der Waals surface area contributed by atoms with Gasteiger partial charge in [-0.15, -0.1) is 0 Å². The number of phenols is 1. The third-order valence-electron chi connectivity index (χ3n) is 12.5. The maximum absolute atomic E-state index is 8.82. The topological polar surface area (TPSA) is 122 Å². The largest absolute Gasteiger partial charge is 0.508 e. The molecule has 2 aliphatic heterocycles. The molecule has 7 nitrogen and oxygen atoms in total. The molecule has 0 amide bonds. The van der Waals surface area contributed by atoms with Crippen LogP contribution in [0.3, 0.4) is 0 Å². The first kappa shape index (κ1) is 49.1. The molecule has 3 aliphatic carbocycles. The van der Waals surface area contributed by atoms with Crippen molar-refractivity contribution >= 4 is 30.0 Å². The number of hydrogen-bond donors (Lipinski definition) is 4. The SMILES string of the molecule is C=O.CC.CC1CCC2C(CO1)[C@H](C(C)CCC(C)[C@@H]1CC[C@@H](C)C3CC[C@@H]4OCC341)CC[C@H]2C.CN.CO.CO.Oc1cc(Cl)cc(Cl)c1. The summed E-state index contributed by atoms with van der Waals surface area (Å²) in [7, 11) is 3.50.